The van der Waals surface area contributed by atoms with Crippen LogP contribution in [0.1, 0.15) is 26.7 Å². The van der Waals surface area contributed by atoms with E-state index in [2.05, 4.69) is 5.32 Å². The molecule has 0 saturated heterocycles. The Labute approximate surface area is 117 Å². The van der Waals surface area contributed by atoms with E-state index in [0.717, 1.165) is 0 Å². The van der Waals surface area contributed by atoms with Gasteiger partial charge in [-0.2, -0.15) is 0 Å². The molecule has 0 spiro atoms. The molecule has 20 heavy (non-hydrogen) atoms. The Morgan fingerprint density at radius 3 is 2.65 bits per heavy atom. The molecule has 110 valence electrons. The van der Waals surface area contributed by atoms with Crippen LogP contribution in [0.5, 0.6) is 0 Å². The van der Waals surface area contributed by atoms with Crippen molar-refractivity contribution >= 4 is 11.9 Å². The highest BCUT2D eigenvalue weighted by Gasteiger charge is 2.31. The third-order valence-electron chi connectivity index (χ3n) is 3.45. The van der Waals surface area contributed by atoms with Crippen LogP contribution in [0.3, 0.4) is 0 Å². The average Bonchev–Trinajstić information content (AvgIpc) is 2.43. The fourth-order valence-electron chi connectivity index (χ4n) is 1.60. The number of carbonyl (C=O) groups is 2. The lowest BCUT2D eigenvalue weighted by Gasteiger charge is -2.23. The topological polar surface area (TPSA) is 88.4 Å². The van der Waals surface area contributed by atoms with Crippen LogP contribution >= 0.6 is 0 Å². The van der Waals surface area contributed by atoms with Gasteiger partial charge in [0.25, 0.3) is 5.56 Å². The Hall–Kier alpha value is -2.11. The van der Waals surface area contributed by atoms with Crippen LogP contribution in [0, 0.1) is 5.41 Å². The first kappa shape index (κ1) is 15.9. The van der Waals surface area contributed by atoms with Crippen LogP contribution in [0.15, 0.2) is 29.2 Å². The first-order chi connectivity index (χ1) is 9.39. The van der Waals surface area contributed by atoms with Gasteiger partial charge in [0, 0.05) is 31.8 Å². The quantitative estimate of drug-likeness (QED) is 0.775. The minimum absolute atomic E-state index is 0.0847. The lowest BCUT2D eigenvalue weighted by molar-refractivity contribution is -0.148. The zero-order valence-corrected chi connectivity index (χ0v) is 11.8. The second-order valence-electron chi connectivity index (χ2n) is 4.98. The number of nitrogens with zero attached hydrogens (tertiary/aromatic N) is 1. The zero-order chi connectivity index (χ0) is 15.2. The first-order valence-corrected chi connectivity index (χ1v) is 6.54. The summed E-state index contributed by atoms with van der Waals surface area (Å²) >= 11 is 0. The highest BCUT2D eigenvalue weighted by Crippen LogP contribution is 2.19. The number of hydrogen-bond donors (Lipinski definition) is 2. The van der Waals surface area contributed by atoms with E-state index in [1.54, 1.807) is 32.2 Å². The molecule has 2 N–H and O–H groups in total. The maximum Gasteiger partial charge on any atom is 0.311 e. The smallest absolute Gasteiger partial charge is 0.311 e. The number of carbonyl (C=O) groups excluding carboxylic acids is 1. The van der Waals surface area contributed by atoms with Crippen LogP contribution in [0.2, 0.25) is 0 Å². The zero-order valence-electron chi connectivity index (χ0n) is 11.8. The molecule has 0 bridgehead atoms. The fraction of sp³-hybridized carbons (Fsp3) is 0.500. The lowest BCUT2D eigenvalue weighted by atomic mass is 9.88. The van der Waals surface area contributed by atoms with Crippen molar-refractivity contribution in [2.75, 3.05) is 6.54 Å². The van der Waals surface area contributed by atoms with Gasteiger partial charge >= 0.3 is 5.97 Å². The van der Waals surface area contributed by atoms with Crippen molar-refractivity contribution in [3.8, 4) is 0 Å². The summed E-state index contributed by atoms with van der Waals surface area (Å²) in [4.78, 5) is 34.2. The number of hydrogen-bond acceptors (Lipinski definition) is 3. The van der Waals surface area contributed by atoms with E-state index < -0.39 is 11.4 Å². The van der Waals surface area contributed by atoms with Gasteiger partial charge in [-0.25, -0.2) is 0 Å². The molecule has 1 unspecified atom stereocenters. The van der Waals surface area contributed by atoms with E-state index in [9.17, 15) is 14.4 Å². The van der Waals surface area contributed by atoms with Gasteiger partial charge in [0.15, 0.2) is 0 Å². The number of rotatable bonds is 7. The Morgan fingerprint density at radius 2 is 2.10 bits per heavy atom. The second-order valence-corrected chi connectivity index (χ2v) is 4.98. The summed E-state index contributed by atoms with van der Waals surface area (Å²) in [6.07, 6.45) is 2.19. The second kappa shape index (κ2) is 6.88. The van der Waals surface area contributed by atoms with Crippen molar-refractivity contribution in [2.45, 2.75) is 33.2 Å². The van der Waals surface area contributed by atoms with Crippen molar-refractivity contribution in [2.24, 2.45) is 5.41 Å². The molecule has 0 fully saturated rings. The van der Waals surface area contributed by atoms with Gasteiger partial charge in [0.1, 0.15) is 0 Å². The molecule has 0 aliphatic rings. The SMILES string of the molecule is CCC(C)(CNC(=O)CCn1ccccc1=O)C(=O)O. The molecule has 0 aliphatic carbocycles. The number of pyridine rings is 1. The number of carboxylic acids is 1. The highest BCUT2D eigenvalue weighted by atomic mass is 16.4. The van der Waals surface area contributed by atoms with E-state index in [4.69, 9.17) is 5.11 Å². The van der Waals surface area contributed by atoms with Crippen LogP contribution < -0.4 is 10.9 Å². The number of aliphatic carboxylic acids is 1. The van der Waals surface area contributed by atoms with E-state index >= 15 is 0 Å². The number of nitrogens with one attached hydrogen (secondary N) is 1. The number of aromatic nitrogens is 1. The predicted octanol–water partition coefficient (Wildman–Crippen LogP) is 0.856. The first-order valence-electron chi connectivity index (χ1n) is 6.54. The Balaban J connectivity index is 2.47. The van der Waals surface area contributed by atoms with Gasteiger partial charge in [-0.1, -0.05) is 13.0 Å². The Kier molecular flexibility index (Phi) is 5.49. The van der Waals surface area contributed by atoms with E-state index in [1.807, 2.05) is 0 Å². The van der Waals surface area contributed by atoms with Crippen LogP contribution in [0.25, 0.3) is 0 Å². The molecule has 6 nitrogen and oxygen atoms in total. The summed E-state index contributed by atoms with van der Waals surface area (Å²) in [6, 6.07) is 4.78. The van der Waals surface area contributed by atoms with E-state index in [-0.39, 0.29) is 31.0 Å². The standard InChI is InChI=1S/C14H20N2O4/c1-3-14(2,13(19)20)10-15-11(17)7-9-16-8-5-4-6-12(16)18/h4-6,8H,3,7,9-10H2,1-2H3,(H,15,17)(H,19,20). The lowest BCUT2D eigenvalue weighted by Crippen LogP contribution is -2.41. The van der Waals surface area contributed by atoms with Gasteiger partial charge < -0.3 is 15.0 Å². The molecule has 0 aliphatic heterocycles. The summed E-state index contributed by atoms with van der Waals surface area (Å²) in [5, 5.41) is 11.7. The molecule has 6 heteroatoms. The normalized spacial score (nSPS) is 13.5. The third-order valence-corrected chi connectivity index (χ3v) is 3.45. The van der Waals surface area contributed by atoms with Crippen molar-refractivity contribution < 1.29 is 14.7 Å². The van der Waals surface area contributed by atoms with Crippen molar-refractivity contribution in [1.29, 1.82) is 0 Å². The molecular weight excluding hydrogens is 260 g/mol. The highest BCUT2D eigenvalue weighted by molar-refractivity contribution is 5.78. The van der Waals surface area contributed by atoms with E-state index in [0.29, 0.717) is 6.42 Å². The van der Waals surface area contributed by atoms with Crippen LogP contribution in [-0.2, 0) is 16.1 Å². The van der Waals surface area contributed by atoms with Crippen molar-refractivity contribution in [1.82, 2.24) is 9.88 Å². The molecule has 1 heterocycles. The number of carboxylic acid groups (broad SMARTS) is 1. The minimum Gasteiger partial charge on any atom is -0.481 e. The summed E-state index contributed by atoms with van der Waals surface area (Å²) in [5.41, 5.74) is -1.12. The van der Waals surface area contributed by atoms with Crippen LogP contribution in [0.4, 0.5) is 0 Å². The Morgan fingerprint density at radius 1 is 1.40 bits per heavy atom. The molecule has 0 aromatic carbocycles. The van der Waals surface area contributed by atoms with Gasteiger partial charge in [0.05, 0.1) is 5.41 Å². The third kappa shape index (κ3) is 4.22. The molecule has 1 rings (SSSR count). The molecule has 1 aromatic rings. The summed E-state index contributed by atoms with van der Waals surface area (Å²) in [6.45, 7) is 3.73. The predicted molar refractivity (Wildman–Crippen MR) is 74.4 cm³/mol. The molecule has 1 aromatic heterocycles. The molecule has 1 atom stereocenters. The summed E-state index contributed by atoms with van der Waals surface area (Å²) in [5.74, 6) is -1.19. The Bertz CT molecular complexity index is 538. The van der Waals surface area contributed by atoms with Gasteiger partial charge in [0.2, 0.25) is 5.91 Å². The molecule has 0 radical (unpaired) electrons. The monoisotopic (exact) mass is 280 g/mol. The van der Waals surface area contributed by atoms with Gasteiger partial charge in [-0.15, -0.1) is 0 Å². The van der Waals surface area contributed by atoms with Crippen LogP contribution in [-0.4, -0.2) is 28.1 Å². The molecule has 1 amide bonds. The van der Waals surface area contributed by atoms with E-state index in [1.165, 1.54) is 10.6 Å². The minimum atomic E-state index is -0.959. The summed E-state index contributed by atoms with van der Waals surface area (Å²) < 4.78 is 1.44. The fourth-order valence-corrected chi connectivity index (χ4v) is 1.60. The maximum atomic E-state index is 11.7. The largest absolute Gasteiger partial charge is 0.481 e. The number of amides is 1. The summed E-state index contributed by atoms with van der Waals surface area (Å²) in [7, 11) is 0. The molecule has 0 saturated carbocycles. The molecular formula is C14H20N2O4. The van der Waals surface area contributed by atoms with Crippen molar-refractivity contribution in [3.63, 3.8) is 0 Å². The van der Waals surface area contributed by atoms with Gasteiger partial charge in [-0.05, 0) is 19.4 Å². The maximum absolute atomic E-state index is 11.7. The van der Waals surface area contributed by atoms with Gasteiger partial charge in [-0.3, -0.25) is 14.4 Å². The number of aryl methyl sites for hydroxylation is 1. The average molecular weight is 280 g/mol. The van der Waals surface area contributed by atoms with Crippen molar-refractivity contribution in [3.05, 3.63) is 34.7 Å².